The van der Waals surface area contributed by atoms with Gasteiger partial charge in [0.25, 0.3) is 0 Å². The Labute approximate surface area is 206 Å². The molecule has 0 amide bonds. The first-order valence-corrected chi connectivity index (χ1v) is 13.0. The van der Waals surface area contributed by atoms with Gasteiger partial charge in [0.2, 0.25) is 0 Å². The molecule has 0 radical (unpaired) electrons. The van der Waals surface area contributed by atoms with Crippen LogP contribution in [0.2, 0.25) is 5.02 Å². The van der Waals surface area contributed by atoms with Crippen molar-refractivity contribution < 1.29 is 9.47 Å². The third-order valence-corrected chi connectivity index (χ3v) is 7.27. The molecule has 4 rings (SSSR count). The van der Waals surface area contributed by atoms with Gasteiger partial charge < -0.3 is 14.4 Å². The van der Waals surface area contributed by atoms with E-state index in [-0.39, 0.29) is 0 Å². The van der Waals surface area contributed by atoms with Crippen molar-refractivity contribution in [2.75, 3.05) is 39.4 Å². The summed E-state index contributed by atoms with van der Waals surface area (Å²) in [6.45, 7) is 11.0. The van der Waals surface area contributed by atoms with Gasteiger partial charge in [-0.3, -0.25) is 0 Å². The van der Waals surface area contributed by atoms with E-state index in [9.17, 15) is 0 Å². The highest BCUT2D eigenvalue weighted by Gasteiger charge is 2.15. The minimum atomic E-state index is 0.612. The average Bonchev–Trinajstić information content (AvgIpc) is 2.84. The van der Waals surface area contributed by atoms with E-state index in [4.69, 9.17) is 21.1 Å². The Hall–Kier alpha value is -1.92. The number of halogens is 1. The van der Waals surface area contributed by atoms with E-state index < -0.39 is 0 Å². The van der Waals surface area contributed by atoms with E-state index in [1.165, 1.54) is 27.7 Å². The lowest BCUT2D eigenvalue weighted by Gasteiger charge is -2.24. The molecule has 3 aromatic rings. The first-order valence-electron chi connectivity index (χ1n) is 11.9. The summed E-state index contributed by atoms with van der Waals surface area (Å²) in [4.78, 5) is 3.73. The maximum Gasteiger partial charge on any atom is 0.161 e. The largest absolute Gasteiger partial charge is 0.486 e. The molecule has 1 heterocycles. The van der Waals surface area contributed by atoms with Crippen LogP contribution in [0, 0.1) is 0 Å². The van der Waals surface area contributed by atoms with Crippen LogP contribution in [0.1, 0.15) is 32.3 Å². The second-order valence-electron chi connectivity index (χ2n) is 8.32. The number of fused-ring (bicyclic) bond motifs is 2. The van der Waals surface area contributed by atoms with Gasteiger partial charge in [-0.05, 0) is 97.2 Å². The van der Waals surface area contributed by atoms with Crippen LogP contribution in [0.3, 0.4) is 0 Å². The number of ether oxygens (including phenoxy) is 2. The highest BCUT2D eigenvalue weighted by atomic mass is 35.5. The van der Waals surface area contributed by atoms with Gasteiger partial charge in [-0.15, -0.1) is 0 Å². The Morgan fingerprint density at radius 2 is 1.55 bits per heavy atom. The van der Waals surface area contributed by atoms with E-state index >= 15 is 0 Å². The maximum atomic E-state index is 6.16. The summed E-state index contributed by atoms with van der Waals surface area (Å²) in [7, 11) is 0. The fraction of sp³-hybridized carbons (Fsp3) is 0.407. The summed E-state index contributed by atoms with van der Waals surface area (Å²) in [5.74, 6) is 1.70. The molecule has 0 spiro atoms. The van der Waals surface area contributed by atoms with Crippen LogP contribution >= 0.6 is 23.5 Å². The fourth-order valence-electron chi connectivity index (χ4n) is 4.11. The molecule has 3 aromatic carbocycles. The van der Waals surface area contributed by atoms with Gasteiger partial charge in [0.05, 0.1) is 0 Å². The molecule has 0 N–H and O–H groups in total. The number of unbranched alkanes of at least 4 members (excludes halogenated alkanes) is 1. The van der Waals surface area contributed by atoms with Crippen molar-refractivity contribution in [1.82, 2.24) is 9.21 Å². The van der Waals surface area contributed by atoms with Crippen LogP contribution in [0.15, 0.2) is 59.5 Å². The molecule has 0 saturated carbocycles. The van der Waals surface area contributed by atoms with Gasteiger partial charge in [-0.1, -0.05) is 43.6 Å². The minimum absolute atomic E-state index is 0.612. The topological polar surface area (TPSA) is 24.9 Å². The fourth-order valence-corrected chi connectivity index (χ4v) is 5.33. The van der Waals surface area contributed by atoms with Crippen molar-refractivity contribution in [3.8, 4) is 11.5 Å². The Morgan fingerprint density at radius 3 is 2.36 bits per heavy atom. The number of benzene rings is 3. The third-order valence-electron chi connectivity index (χ3n) is 6.00. The third kappa shape index (κ3) is 6.80. The minimum Gasteiger partial charge on any atom is -0.486 e. The summed E-state index contributed by atoms with van der Waals surface area (Å²) in [5.41, 5.74) is 1.24. The summed E-state index contributed by atoms with van der Waals surface area (Å²) < 4.78 is 14.0. The van der Waals surface area contributed by atoms with Gasteiger partial charge in [-0.25, -0.2) is 4.31 Å². The zero-order valence-corrected chi connectivity index (χ0v) is 21.1. The standard InChI is InChI=1S/C27H33ClN2O2S/c1-3-29(4-2)13-5-6-14-30(20-21-7-12-26-27(17-21)32-16-15-31-26)33-25-11-9-22-18-24(28)10-8-23(22)19-25/h7-12,17-19H,3-6,13-16,20H2,1-2H3. The van der Waals surface area contributed by atoms with Crippen molar-refractivity contribution in [2.45, 2.75) is 38.1 Å². The Kier molecular flexibility index (Phi) is 8.79. The normalized spacial score (nSPS) is 13.2. The number of nitrogens with zero attached hydrogens (tertiary/aromatic N) is 2. The zero-order valence-electron chi connectivity index (χ0n) is 19.6. The van der Waals surface area contributed by atoms with Crippen LogP contribution < -0.4 is 9.47 Å². The molecule has 33 heavy (non-hydrogen) atoms. The summed E-state index contributed by atoms with van der Waals surface area (Å²) in [6.07, 6.45) is 2.37. The lowest BCUT2D eigenvalue weighted by molar-refractivity contribution is 0.171. The van der Waals surface area contributed by atoms with Crippen LogP contribution in [-0.2, 0) is 6.54 Å². The second kappa shape index (κ2) is 12.0. The van der Waals surface area contributed by atoms with E-state index in [1.54, 1.807) is 0 Å². The van der Waals surface area contributed by atoms with Crippen LogP contribution in [0.4, 0.5) is 0 Å². The van der Waals surface area contributed by atoms with Crippen LogP contribution in [0.5, 0.6) is 11.5 Å². The molecule has 4 nitrogen and oxygen atoms in total. The Balaban J connectivity index is 1.46. The maximum absolute atomic E-state index is 6.16. The molecule has 0 fully saturated rings. The molecule has 0 saturated heterocycles. The monoisotopic (exact) mass is 484 g/mol. The molecule has 0 atom stereocenters. The zero-order chi connectivity index (χ0) is 23.0. The highest BCUT2D eigenvalue weighted by molar-refractivity contribution is 7.97. The SMILES string of the molecule is CCN(CC)CCCCN(Cc1ccc2c(c1)OCCO2)Sc1ccc2cc(Cl)ccc2c1. The van der Waals surface area contributed by atoms with Gasteiger partial charge in [0, 0.05) is 23.0 Å². The lowest BCUT2D eigenvalue weighted by Crippen LogP contribution is -2.25. The van der Waals surface area contributed by atoms with Gasteiger partial charge in [-0.2, -0.15) is 0 Å². The molecule has 6 heteroatoms. The van der Waals surface area contributed by atoms with Gasteiger partial charge in [0.15, 0.2) is 11.5 Å². The van der Waals surface area contributed by atoms with Crippen molar-refractivity contribution in [1.29, 1.82) is 0 Å². The van der Waals surface area contributed by atoms with Gasteiger partial charge >= 0.3 is 0 Å². The molecular weight excluding hydrogens is 452 g/mol. The molecular formula is C27H33ClN2O2S. The number of hydrogen-bond acceptors (Lipinski definition) is 5. The number of rotatable bonds is 11. The molecule has 1 aliphatic heterocycles. The van der Waals surface area contributed by atoms with E-state index in [0.717, 1.165) is 55.7 Å². The molecule has 0 aliphatic carbocycles. The second-order valence-corrected chi connectivity index (χ2v) is 9.93. The molecule has 1 aliphatic rings. The molecule has 0 aromatic heterocycles. The smallest absolute Gasteiger partial charge is 0.161 e. The predicted octanol–water partition coefficient (Wildman–Crippen LogP) is 6.90. The average molecular weight is 485 g/mol. The van der Waals surface area contributed by atoms with E-state index in [2.05, 4.69) is 59.5 Å². The quantitative estimate of drug-likeness (QED) is 0.218. The van der Waals surface area contributed by atoms with Gasteiger partial charge in [0.1, 0.15) is 13.2 Å². The molecule has 0 bridgehead atoms. The van der Waals surface area contributed by atoms with E-state index in [1.807, 2.05) is 30.1 Å². The van der Waals surface area contributed by atoms with Crippen molar-refractivity contribution in [2.24, 2.45) is 0 Å². The van der Waals surface area contributed by atoms with Crippen molar-refractivity contribution in [3.05, 3.63) is 65.2 Å². The highest BCUT2D eigenvalue weighted by Crippen LogP contribution is 2.33. The van der Waals surface area contributed by atoms with Crippen molar-refractivity contribution >= 4 is 34.3 Å². The summed E-state index contributed by atoms with van der Waals surface area (Å²) in [5, 5.41) is 3.16. The summed E-state index contributed by atoms with van der Waals surface area (Å²) in [6, 6.07) is 19.0. The molecule has 176 valence electrons. The van der Waals surface area contributed by atoms with Crippen molar-refractivity contribution in [3.63, 3.8) is 0 Å². The van der Waals surface area contributed by atoms with E-state index in [0.29, 0.717) is 13.2 Å². The van der Waals surface area contributed by atoms with Crippen LogP contribution in [-0.4, -0.2) is 48.6 Å². The Bertz CT molecular complexity index is 1060. The summed E-state index contributed by atoms with van der Waals surface area (Å²) >= 11 is 7.99. The predicted molar refractivity (Wildman–Crippen MR) is 140 cm³/mol. The number of hydrogen-bond donors (Lipinski definition) is 0. The molecule has 0 unspecified atom stereocenters. The first kappa shape index (κ1) is 24.2. The van der Waals surface area contributed by atoms with Crippen LogP contribution in [0.25, 0.3) is 10.8 Å². The Morgan fingerprint density at radius 1 is 0.818 bits per heavy atom. The lowest BCUT2D eigenvalue weighted by atomic mass is 10.1. The first-order chi connectivity index (χ1) is 16.1.